The second kappa shape index (κ2) is 7.84. The number of aliphatic hydroxyl groups is 1. The average Bonchev–Trinajstić information content (AvgIpc) is 3.32. The van der Waals surface area contributed by atoms with E-state index in [1.54, 1.807) is 18.4 Å². The summed E-state index contributed by atoms with van der Waals surface area (Å²) in [4.78, 5) is 9.55. The third-order valence-corrected chi connectivity index (χ3v) is 4.74. The molecule has 0 saturated carbocycles. The Hall–Kier alpha value is -1.53. The number of hydrogen-bond acceptors (Lipinski definition) is 4. The molecule has 6 heteroatoms. The van der Waals surface area contributed by atoms with E-state index in [4.69, 9.17) is 4.42 Å². The smallest absolute Gasteiger partial charge is 0.194 e. The van der Waals surface area contributed by atoms with Crippen LogP contribution in [0.15, 0.2) is 27.8 Å². The molecular formula is C17H28N4O2. The molecule has 0 amide bonds. The number of likely N-dealkylation sites (tertiary alicyclic amines) is 2. The van der Waals surface area contributed by atoms with Crippen molar-refractivity contribution in [3.05, 3.63) is 24.2 Å². The van der Waals surface area contributed by atoms with Crippen molar-refractivity contribution in [2.45, 2.75) is 38.3 Å². The monoisotopic (exact) mass is 320 g/mol. The Morgan fingerprint density at radius 3 is 2.96 bits per heavy atom. The number of nitrogens with zero attached hydrogens (tertiary/aromatic N) is 3. The zero-order chi connectivity index (χ0) is 16.1. The van der Waals surface area contributed by atoms with Gasteiger partial charge in [0.1, 0.15) is 11.9 Å². The Balaban J connectivity index is 1.58. The molecule has 0 aliphatic carbocycles. The molecular weight excluding hydrogens is 292 g/mol. The first kappa shape index (κ1) is 16.3. The molecule has 2 N–H and O–H groups in total. The minimum Gasteiger partial charge on any atom is -0.467 e. The fourth-order valence-corrected chi connectivity index (χ4v) is 3.51. The zero-order valence-corrected chi connectivity index (χ0v) is 13.9. The van der Waals surface area contributed by atoms with Gasteiger partial charge in [-0.05, 0) is 51.4 Å². The molecule has 2 saturated heterocycles. The van der Waals surface area contributed by atoms with Crippen LogP contribution in [0.25, 0.3) is 0 Å². The van der Waals surface area contributed by atoms with Gasteiger partial charge in [-0.1, -0.05) is 0 Å². The first-order valence-electron chi connectivity index (χ1n) is 8.76. The van der Waals surface area contributed by atoms with Crippen molar-refractivity contribution in [2.75, 3.05) is 39.3 Å². The lowest BCUT2D eigenvalue weighted by molar-refractivity contribution is 0.158. The quantitative estimate of drug-likeness (QED) is 0.635. The van der Waals surface area contributed by atoms with Crippen LogP contribution >= 0.6 is 0 Å². The average molecular weight is 320 g/mol. The number of hydrogen-bond donors (Lipinski definition) is 2. The molecule has 23 heavy (non-hydrogen) atoms. The molecule has 3 heterocycles. The molecule has 0 bridgehead atoms. The third-order valence-electron chi connectivity index (χ3n) is 4.74. The van der Waals surface area contributed by atoms with Crippen molar-refractivity contribution < 1.29 is 9.52 Å². The van der Waals surface area contributed by atoms with Gasteiger partial charge in [-0.25, -0.2) is 4.99 Å². The van der Waals surface area contributed by atoms with Gasteiger partial charge in [0.15, 0.2) is 5.96 Å². The molecule has 3 rings (SSSR count). The number of aliphatic hydroxyl groups excluding tert-OH is 1. The fourth-order valence-electron chi connectivity index (χ4n) is 3.51. The van der Waals surface area contributed by atoms with Crippen molar-refractivity contribution in [2.24, 2.45) is 4.99 Å². The summed E-state index contributed by atoms with van der Waals surface area (Å²) in [5.74, 6) is 1.47. The van der Waals surface area contributed by atoms with Crippen LogP contribution in [0.2, 0.25) is 0 Å². The number of rotatable bonds is 5. The van der Waals surface area contributed by atoms with Gasteiger partial charge in [-0.2, -0.15) is 0 Å². The Morgan fingerprint density at radius 1 is 1.43 bits per heavy atom. The van der Waals surface area contributed by atoms with Gasteiger partial charge >= 0.3 is 0 Å². The summed E-state index contributed by atoms with van der Waals surface area (Å²) < 4.78 is 5.24. The summed E-state index contributed by atoms with van der Waals surface area (Å²) >= 11 is 0. The predicted octanol–water partition coefficient (Wildman–Crippen LogP) is 1.45. The highest BCUT2D eigenvalue weighted by Crippen LogP contribution is 2.21. The Labute approximate surface area is 138 Å². The first-order chi connectivity index (χ1) is 11.3. The number of guanidine groups is 1. The summed E-state index contributed by atoms with van der Waals surface area (Å²) in [6.07, 6.45) is 4.76. The van der Waals surface area contributed by atoms with Gasteiger partial charge in [-0.3, -0.25) is 4.90 Å². The van der Waals surface area contributed by atoms with Crippen LogP contribution < -0.4 is 5.32 Å². The van der Waals surface area contributed by atoms with E-state index in [2.05, 4.69) is 27.0 Å². The fraction of sp³-hybridized carbons (Fsp3) is 0.706. The first-order valence-corrected chi connectivity index (χ1v) is 8.76. The van der Waals surface area contributed by atoms with E-state index >= 15 is 0 Å². The topological polar surface area (TPSA) is 64.2 Å². The van der Waals surface area contributed by atoms with Gasteiger partial charge in [0, 0.05) is 25.7 Å². The lowest BCUT2D eigenvalue weighted by Crippen LogP contribution is -2.42. The highest BCUT2D eigenvalue weighted by molar-refractivity contribution is 5.80. The molecule has 1 aromatic heterocycles. The SMILES string of the molecule is CCNC(=NCC(O)c1ccco1)N1CCC(N2CCCC2)C1. The molecule has 2 aliphatic heterocycles. The predicted molar refractivity (Wildman–Crippen MR) is 90.4 cm³/mol. The summed E-state index contributed by atoms with van der Waals surface area (Å²) in [7, 11) is 0. The molecule has 0 aromatic carbocycles. The molecule has 0 spiro atoms. The molecule has 2 aliphatic rings. The van der Waals surface area contributed by atoms with Crippen LogP contribution in [-0.4, -0.2) is 66.2 Å². The van der Waals surface area contributed by atoms with Crippen molar-refractivity contribution in [1.82, 2.24) is 15.1 Å². The van der Waals surface area contributed by atoms with Crippen LogP contribution in [-0.2, 0) is 0 Å². The van der Waals surface area contributed by atoms with Crippen LogP contribution in [0.1, 0.15) is 38.1 Å². The van der Waals surface area contributed by atoms with Crippen molar-refractivity contribution in [3.63, 3.8) is 0 Å². The van der Waals surface area contributed by atoms with Crippen LogP contribution in [0.5, 0.6) is 0 Å². The van der Waals surface area contributed by atoms with Gasteiger partial charge in [-0.15, -0.1) is 0 Å². The van der Waals surface area contributed by atoms with Gasteiger partial charge < -0.3 is 19.7 Å². The molecule has 2 atom stereocenters. The molecule has 2 unspecified atom stereocenters. The standard InChI is InChI=1S/C17H28N4O2/c1-2-18-17(19-12-15(22)16-6-5-11-23-16)21-10-7-14(13-21)20-8-3-4-9-20/h5-6,11,14-15,22H,2-4,7-10,12-13H2,1H3,(H,18,19). The van der Waals surface area contributed by atoms with E-state index in [1.807, 2.05) is 0 Å². The van der Waals surface area contributed by atoms with Gasteiger partial charge in [0.25, 0.3) is 0 Å². The molecule has 128 valence electrons. The van der Waals surface area contributed by atoms with Crippen LogP contribution in [0, 0.1) is 0 Å². The highest BCUT2D eigenvalue weighted by atomic mass is 16.4. The normalized spacial score (nSPS) is 24.3. The van der Waals surface area contributed by atoms with E-state index < -0.39 is 6.10 Å². The zero-order valence-electron chi connectivity index (χ0n) is 13.9. The molecule has 2 fully saturated rings. The van der Waals surface area contributed by atoms with E-state index in [0.717, 1.165) is 25.6 Å². The Morgan fingerprint density at radius 2 is 2.26 bits per heavy atom. The lowest BCUT2D eigenvalue weighted by atomic mass is 10.2. The second-order valence-electron chi connectivity index (χ2n) is 6.36. The third kappa shape index (κ3) is 4.06. The van der Waals surface area contributed by atoms with E-state index in [-0.39, 0.29) is 0 Å². The summed E-state index contributed by atoms with van der Waals surface area (Å²) in [6, 6.07) is 4.22. The summed E-state index contributed by atoms with van der Waals surface area (Å²) in [5, 5.41) is 13.5. The van der Waals surface area contributed by atoms with E-state index in [0.29, 0.717) is 18.3 Å². The highest BCUT2D eigenvalue weighted by Gasteiger charge is 2.30. The maximum Gasteiger partial charge on any atom is 0.194 e. The largest absolute Gasteiger partial charge is 0.467 e. The van der Waals surface area contributed by atoms with Crippen LogP contribution in [0.3, 0.4) is 0 Å². The Kier molecular flexibility index (Phi) is 5.56. The summed E-state index contributed by atoms with van der Waals surface area (Å²) in [5.41, 5.74) is 0. The molecule has 6 nitrogen and oxygen atoms in total. The number of aliphatic imine (C=N–C) groups is 1. The van der Waals surface area contributed by atoms with Crippen molar-refractivity contribution in [3.8, 4) is 0 Å². The lowest BCUT2D eigenvalue weighted by Gasteiger charge is -2.25. The van der Waals surface area contributed by atoms with Gasteiger partial charge in [0.2, 0.25) is 0 Å². The maximum absolute atomic E-state index is 10.1. The minimum atomic E-state index is -0.685. The number of furan rings is 1. The minimum absolute atomic E-state index is 0.320. The van der Waals surface area contributed by atoms with Crippen molar-refractivity contribution >= 4 is 5.96 Å². The van der Waals surface area contributed by atoms with E-state index in [9.17, 15) is 5.11 Å². The van der Waals surface area contributed by atoms with Crippen molar-refractivity contribution in [1.29, 1.82) is 0 Å². The Bertz CT molecular complexity index is 497. The molecule has 1 aromatic rings. The van der Waals surface area contributed by atoms with Crippen LogP contribution in [0.4, 0.5) is 0 Å². The van der Waals surface area contributed by atoms with E-state index in [1.165, 1.54) is 32.4 Å². The number of nitrogens with one attached hydrogen (secondary N) is 1. The summed E-state index contributed by atoms with van der Waals surface area (Å²) in [6.45, 7) is 7.77. The van der Waals surface area contributed by atoms with Gasteiger partial charge in [0.05, 0.1) is 12.8 Å². The second-order valence-corrected chi connectivity index (χ2v) is 6.36. The maximum atomic E-state index is 10.1. The molecule has 0 radical (unpaired) electrons.